The maximum absolute atomic E-state index is 13.2. The van der Waals surface area contributed by atoms with Crippen LogP contribution in [-0.2, 0) is 44.7 Å². The topological polar surface area (TPSA) is 447 Å². The lowest BCUT2D eigenvalue weighted by Crippen LogP contribution is -2.60. The van der Waals surface area contributed by atoms with Crippen LogP contribution >= 0.6 is 23.5 Å². The Morgan fingerprint density at radius 2 is 1.08 bits per heavy atom. The van der Waals surface area contributed by atoms with Crippen LogP contribution in [0.5, 0.6) is 5.75 Å². The highest BCUT2D eigenvalue weighted by molar-refractivity contribution is 8.00. The summed E-state index contributed by atoms with van der Waals surface area (Å²) >= 11 is 3.85. The number of nitrogens with zero attached hydrogens (tertiary/aromatic N) is 8. The summed E-state index contributed by atoms with van der Waals surface area (Å²) in [6, 6.07) is 29.2. The Labute approximate surface area is 684 Å². The molecule has 36 heteroatoms. The van der Waals surface area contributed by atoms with Crippen LogP contribution in [0.15, 0.2) is 116 Å². The standard InChI is InChI=1S/C80H107N21O12S2Si/c81-71-53-22-5-6-23-54(53)72(94-71)97-76-57-26-18-27-60(68(57)77-98-74-56-25-8-7-24-55(56)73(95-74)96-75-52-21-4-3-20-51(52)46-100(75)116(108,109)101(76)77)112-40-19-41-113-80(107)89-37-13-1-2-30-65(104)88-38-42-110-44-45-111-43-39-99(47-66(105)86-35-16-14-33-84-63(102)31-11-9-28-61-69-58(49-114-61)90-78(82)92-69)48-67(106)87-36-17-15-34-85-64(103)32-12-10-29-62-70-59(50-115-62)91-79(83)93-70/h3-8,18,20-27,58-59,61-62,69-70,108-109H,1-2,9-17,19,28-50H2,(H,84,102)(H,85,103)(H,86,105)(H,87,106)(H,88,104)(H,89,107)(H2,81,94,97)(H3,82,90,92)(H3,83,91,93)/b96-75-,98-74-/t58-,59-,61-,62-,69-,70-/m0/s1. The molecule has 0 radical (unpaired) electrons. The molecule has 33 nitrogen and oxygen atoms in total. The lowest BCUT2D eigenvalue weighted by molar-refractivity contribution is -0.126. The molecule has 8 aliphatic rings. The Morgan fingerprint density at radius 1 is 0.543 bits per heavy atom. The summed E-state index contributed by atoms with van der Waals surface area (Å²) in [7, 11) is -4.97. The third-order valence-electron chi connectivity index (χ3n) is 21.4. The molecule has 13 rings (SSSR count). The van der Waals surface area contributed by atoms with E-state index in [0.29, 0.717) is 202 Å². The average Bonchev–Trinajstić information content (AvgIpc) is 1.55. The van der Waals surface area contributed by atoms with Gasteiger partial charge >= 0.3 is 15.0 Å². The van der Waals surface area contributed by atoms with E-state index >= 15 is 0 Å². The summed E-state index contributed by atoms with van der Waals surface area (Å²) in [6.45, 7) is 4.06. The van der Waals surface area contributed by atoms with Crippen LogP contribution in [0.2, 0.25) is 0 Å². The largest absolute Gasteiger partial charge is 0.592 e. The fourth-order valence-corrected chi connectivity index (χ4v) is 20.5. The number of aliphatic imine (C=N–C) groups is 5. The Balaban J connectivity index is 0.492. The Bertz CT molecular complexity index is 4450. The quantitative estimate of drug-likeness (QED) is 0.0189. The Morgan fingerprint density at radius 3 is 1.71 bits per heavy atom. The van der Waals surface area contributed by atoms with E-state index in [1.807, 2.05) is 102 Å². The summed E-state index contributed by atoms with van der Waals surface area (Å²) in [5, 5.41) is 47.9. The van der Waals surface area contributed by atoms with Crippen molar-refractivity contribution in [2.24, 2.45) is 30.7 Å². The first-order valence-corrected chi connectivity index (χ1v) is 44.5. The third kappa shape index (κ3) is 22.0. The number of aromatic nitrogens is 1. The first-order chi connectivity index (χ1) is 56.5. The lowest BCUT2D eigenvalue weighted by Gasteiger charge is -2.32. The third-order valence-corrected chi connectivity index (χ3v) is 26.5. The molecular formula is C80H107N21O12S2Si. The smallest absolute Gasteiger partial charge is 0.493 e. The van der Waals surface area contributed by atoms with Gasteiger partial charge in [0.25, 0.3) is 0 Å². The minimum Gasteiger partial charge on any atom is -0.493 e. The van der Waals surface area contributed by atoms with E-state index in [9.17, 15) is 38.4 Å². The number of rotatable bonds is 45. The number of carbonyl (C=O) groups excluding carboxylic acids is 6. The van der Waals surface area contributed by atoms with Crippen LogP contribution in [-0.4, -0.2) is 254 Å². The molecule has 6 amide bonds. The number of carbonyl (C=O) groups is 6. The van der Waals surface area contributed by atoms with Crippen LogP contribution < -0.4 is 63.6 Å². The van der Waals surface area contributed by atoms with E-state index in [-0.39, 0.29) is 124 Å². The maximum atomic E-state index is 13.2. The Hall–Kier alpha value is -9.95. The first kappa shape index (κ1) is 84.0. The highest BCUT2D eigenvalue weighted by Gasteiger charge is 2.52. The van der Waals surface area contributed by atoms with E-state index in [2.05, 4.69) is 58.2 Å². The molecule has 0 saturated carbocycles. The number of amidine groups is 5. The number of alkyl carbamates (subject to hydrolysis) is 1. The molecule has 4 fully saturated rings. The molecular weight excluding hydrogens is 1540 g/mol. The molecule has 5 aromatic rings. The number of benzene rings is 4. The van der Waals surface area contributed by atoms with Gasteiger partial charge < -0.3 is 92.0 Å². The van der Waals surface area contributed by atoms with Gasteiger partial charge in [-0.05, 0) is 75.8 Å². The van der Waals surface area contributed by atoms with Gasteiger partial charge in [-0.3, -0.25) is 43.9 Å². The first-order valence-electron chi connectivity index (χ1n) is 40.6. The summed E-state index contributed by atoms with van der Waals surface area (Å²) < 4.78 is 26.5. The maximum Gasteiger partial charge on any atom is 0.592 e. The van der Waals surface area contributed by atoms with E-state index in [4.69, 9.17) is 55.5 Å². The van der Waals surface area contributed by atoms with Crippen molar-refractivity contribution in [3.63, 3.8) is 0 Å². The zero-order chi connectivity index (χ0) is 80.8. The predicted molar refractivity (Wildman–Crippen MR) is 451 cm³/mol. The fraction of sp³-hybridized carbons (Fsp3) is 0.512. The molecule has 116 heavy (non-hydrogen) atoms. The van der Waals surface area contributed by atoms with Crippen molar-refractivity contribution < 1.29 is 57.3 Å². The fourth-order valence-electron chi connectivity index (χ4n) is 15.5. The van der Waals surface area contributed by atoms with Crippen molar-refractivity contribution >= 4 is 132 Å². The van der Waals surface area contributed by atoms with Gasteiger partial charge in [-0.1, -0.05) is 104 Å². The second-order valence-corrected chi connectivity index (χ2v) is 34.6. The second-order valence-electron chi connectivity index (χ2n) is 29.8. The minimum absolute atomic E-state index is 0.0183. The van der Waals surface area contributed by atoms with Crippen molar-refractivity contribution in [3.8, 4) is 5.75 Å². The van der Waals surface area contributed by atoms with Gasteiger partial charge in [0.1, 0.15) is 29.1 Å². The van der Waals surface area contributed by atoms with Gasteiger partial charge in [0, 0.05) is 133 Å². The molecule has 6 atom stereocenters. The number of amides is 6. The van der Waals surface area contributed by atoms with Gasteiger partial charge in [0.15, 0.2) is 29.4 Å². The van der Waals surface area contributed by atoms with Gasteiger partial charge in [-0.15, -0.1) is 0 Å². The van der Waals surface area contributed by atoms with Crippen LogP contribution in [0.3, 0.4) is 0 Å². The predicted octanol–water partition coefficient (Wildman–Crippen LogP) is 4.43. The van der Waals surface area contributed by atoms with E-state index in [1.165, 1.54) is 8.80 Å². The average molecular weight is 1650 g/mol. The molecule has 4 saturated heterocycles. The summed E-state index contributed by atoms with van der Waals surface area (Å²) in [5.74, 6) is 4.49. The zero-order valence-electron chi connectivity index (χ0n) is 65.3. The highest BCUT2D eigenvalue weighted by Crippen LogP contribution is 2.47. The molecule has 0 unspecified atom stereocenters. The molecule has 620 valence electrons. The number of unbranched alkanes of at least 4 members (excludes halogenated alkanes) is 6. The van der Waals surface area contributed by atoms with E-state index in [1.54, 1.807) is 17.0 Å². The van der Waals surface area contributed by atoms with E-state index in [0.717, 1.165) is 66.7 Å². The number of hydrogen-bond donors (Lipinski definition) is 15. The molecule has 4 aromatic carbocycles. The number of hydrogen-bond acceptors (Lipinski definition) is 23. The number of thioether (sulfide) groups is 2. The van der Waals surface area contributed by atoms with Crippen LogP contribution in [0, 0.1) is 10.8 Å². The summed E-state index contributed by atoms with van der Waals surface area (Å²) in [6.07, 6.45) is 11.1. The summed E-state index contributed by atoms with van der Waals surface area (Å²) in [5.41, 5.74) is 10.8. The number of nitrogens with one attached hydrogen (secondary N) is 12. The van der Waals surface area contributed by atoms with Gasteiger partial charge in [0.2, 0.25) is 29.5 Å². The molecule has 0 spiro atoms. The van der Waals surface area contributed by atoms with Crippen LogP contribution in [0.4, 0.5) is 16.4 Å². The summed E-state index contributed by atoms with van der Waals surface area (Å²) in [4.78, 5) is 130. The van der Waals surface area contributed by atoms with Crippen molar-refractivity contribution in [2.75, 3.05) is 110 Å². The SMILES string of the molecule is N=C1N[C@H]2[C@H](CS[C@H]2CCCCC(=O)NCCCCNC(=O)CN(CCOCCOCCNC(=O)CCCCCNC(=O)OCCCOc2cccc3c(/N=C4\N=C(N)c5ccccc54)n4c(c23)/N=C2N=C(/N=C3/c5ccccc5CN3[Si]4(O)O)c3ccccc3\2)CC(=O)NCCCCNC(=O)CCCC[C@@H]2SC[C@@H]3NC(=N)N[C@@H]32)N1. The van der Waals surface area contributed by atoms with Crippen molar-refractivity contribution in [1.82, 2.24) is 66.9 Å². The van der Waals surface area contributed by atoms with Gasteiger partial charge in [-0.2, -0.15) is 23.5 Å². The lowest BCUT2D eigenvalue weighted by atomic mass is 10.0. The number of nitrogens with two attached hydrogens (primary N) is 1. The minimum atomic E-state index is -4.97. The number of guanidine groups is 2. The highest BCUT2D eigenvalue weighted by atomic mass is 32.2. The molecule has 1 aromatic heterocycles. The van der Waals surface area contributed by atoms with Gasteiger partial charge in [-0.25, -0.2) is 29.8 Å². The molecule has 8 aliphatic heterocycles. The molecule has 2 bridgehead atoms. The van der Waals surface area contributed by atoms with E-state index < -0.39 is 15.0 Å². The molecule has 0 aliphatic carbocycles. The zero-order valence-corrected chi connectivity index (χ0v) is 68.0. The van der Waals surface area contributed by atoms with Crippen LogP contribution in [0.1, 0.15) is 143 Å². The molecule has 9 heterocycles. The number of ether oxygens (including phenoxy) is 4. The Kier molecular flexibility index (Phi) is 29.9. The van der Waals surface area contributed by atoms with Crippen molar-refractivity contribution in [3.05, 3.63) is 124 Å². The van der Waals surface area contributed by atoms with Gasteiger partial charge in [0.05, 0.1) is 82.3 Å². The second kappa shape index (κ2) is 41.2. The van der Waals surface area contributed by atoms with Crippen molar-refractivity contribution in [1.29, 1.82) is 10.8 Å². The number of fused-ring (bicyclic) bond motifs is 13. The molecule has 16 N–H and O–H groups in total. The monoisotopic (exact) mass is 1650 g/mol. The van der Waals surface area contributed by atoms with Crippen LogP contribution in [0.25, 0.3) is 10.8 Å². The normalized spacial score (nSPS) is 20.7. The van der Waals surface area contributed by atoms with Crippen molar-refractivity contribution in [2.45, 2.75) is 150 Å².